The number of nitrogens with zero attached hydrogens (tertiary/aromatic N) is 2. The molecule has 1 atom stereocenters. The van der Waals surface area contributed by atoms with Gasteiger partial charge < -0.3 is 19.3 Å². The Balaban J connectivity index is 1.95. The number of benzene rings is 1. The molecule has 1 aromatic carbocycles. The maximum absolute atomic E-state index is 12.0. The van der Waals surface area contributed by atoms with Crippen molar-refractivity contribution >= 4 is 23.3 Å². The van der Waals surface area contributed by atoms with E-state index in [2.05, 4.69) is 4.90 Å². The number of aromatic carboxylic acids is 1. The second-order valence-corrected chi connectivity index (χ2v) is 6.52. The molecular weight excluding hydrogens is 344 g/mol. The maximum atomic E-state index is 12.0. The van der Waals surface area contributed by atoms with E-state index >= 15 is 0 Å². The number of carboxylic acid groups (broad SMARTS) is 1. The van der Waals surface area contributed by atoms with Crippen molar-refractivity contribution in [3.8, 4) is 11.3 Å². The Morgan fingerprint density at radius 3 is 2.72 bits per heavy atom. The average molecular weight is 363 g/mol. The molecule has 0 radical (unpaired) electrons. The molecule has 1 N–H and O–H groups in total. The number of carbonyl (C=O) groups is 1. The van der Waals surface area contributed by atoms with Crippen molar-refractivity contribution in [1.82, 2.24) is 4.57 Å². The van der Waals surface area contributed by atoms with Crippen LogP contribution in [0.25, 0.3) is 11.3 Å². The summed E-state index contributed by atoms with van der Waals surface area (Å²) < 4.78 is 7.00. The van der Waals surface area contributed by atoms with E-state index in [0.29, 0.717) is 10.7 Å². The highest BCUT2D eigenvalue weighted by Gasteiger charge is 2.24. The number of hydrogen-bond donors (Lipinski definition) is 1. The molecule has 0 bridgehead atoms. The molecule has 0 saturated carbocycles. The molecule has 0 unspecified atom stereocenters. The lowest BCUT2D eigenvalue weighted by atomic mass is 10.1. The van der Waals surface area contributed by atoms with Gasteiger partial charge in [-0.2, -0.15) is 0 Å². The van der Waals surface area contributed by atoms with Crippen molar-refractivity contribution < 1.29 is 14.6 Å². The fraction of sp³-hybridized carbons (Fsp3) is 0.333. The minimum Gasteiger partial charge on any atom is -0.477 e. The molecule has 1 aliphatic rings. The molecule has 2 aromatic rings. The summed E-state index contributed by atoms with van der Waals surface area (Å²) >= 11 is 6.46. The van der Waals surface area contributed by atoms with Crippen LogP contribution in [-0.2, 0) is 11.8 Å². The topological polar surface area (TPSA) is 71.8 Å². The highest BCUT2D eigenvalue weighted by atomic mass is 35.5. The number of hydrogen-bond acceptors (Lipinski definition) is 4. The average Bonchev–Trinajstić information content (AvgIpc) is 3.05. The quantitative estimate of drug-likeness (QED) is 0.905. The smallest absolute Gasteiger partial charge is 0.341 e. The van der Waals surface area contributed by atoms with Gasteiger partial charge in [0.05, 0.1) is 22.5 Å². The van der Waals surface area contributed by atoms with Crippen molar-refractivity contribution in [2.45, 2.75) is 12.5 Å². The molecule has 2 heterocycles. The number of carboxylic acids is 1. The highest BCUT2D eigenvalue weighted by molar-refractivity contribution is 6.33. The van der Waals surface area contributed by atoms with Gasteiger partial charge in [0.25, 0.3) is 0 Å². The molecule has 7 heteroatoms. The summed E-state index contributed by atoms with van der Waals surface area (Å²) in [5.74, 6) is -1.23. The van der Waals surface area contributed by atoms with E-state index in [-0.39, 0.29) is 11.7 Å². The zero-order valence-electron chi connectivity index (χ0n) is 14.0. The standard InChI is InChI=1S/C18H19ClN2O4/c1-20-10-13(18(23)24)17(22)8-16(20)11-3-4-15(14(19)7-11)21-6-5-12(9-21)25-2/h3-4,7-8,10,12H,5-6,9H2,1-2H3,(H,23,24)/t12-/m1/s1. The number of ether oxygens (including phenoxy) is 1. The monoisotopic (exact) mass is 362 g/mol. The maximum Gasteiger partial charge on any atom is 0.341 e. The summed E-state index contributed by atoms with van der Waals surface area (Å²) in [4.78, 5) is 25.2. The van der Waals surface area contributed by atoms with Gasteiger partial charge in [-0.15, -0.1) is 0 Å². The molecule has 0 spiro atoms. The van der Waals surface area contributed by atoms with Crippen LogP contribution in [0.1, 0.15) is 16.8 Å². The Bertz CT molecular complexity index is 878. The van der Waals surface area contributed by atoms with Crippen molar-refractivity contribution in [2.75, 3.05) is 25.1 Å². The Morgan fingerprint density at radius 1 is 1.36 bits per heavy atom. The van der Waals surface area contributed by atoms with Gasteiger partial charge in [-0.25, -0.2) is 4.79 Å². The first-order valence-corrected chi connectivity index (χ1v) is 8.30. The number of pyridine rings is 1. The molecule has 25 heavy (non-hydrogen) atoms. The van der Waals surface area contributed by atoms with Gasteiger partial charge in [0, 0.05) is 39.5 Å². The SMILES string of the molecule is CO[C@@H]1CCN(c2ccc(-c3cc(=O)c(C(=O)O)cn3C)cc2Cl)C1. The lowest BCUT2D eigenvalue weighted by Gasteiger charge is -2.20. The van der Waals surface area contributed by atoms with Gasteiger partial charge in [-0.05, 0) is 24.1 Å². The third kappa shape index (κ3) is 3.41. The van der Waals surface area contributed by atoms with Crippen molar-refractivity contribution in [1.29, 1.82) is 0 Å². The van der Waals surface area contributed by atoms with Crippen LogP contribution >= 0.6 is 11.6 Å². The van der Waals surface area contributed by atoms with E-state index in [0.717, 1.165) is 30.8 Å². The molecule has 6 nitrogen and oxygen atoms in total. The molecule has 1 aromatic heterocycles. The fourth-order valence-corrected chi connectivity index (χ4v) is 3.44. The zero-order valence-corrected chi connectivity index (χ0v) is 14.8. The summed E-state index contributed by atoms with van der Waals surface area (Å²) in [6, 6.07) is 6.93. The number of halogens is 1. The number of anilines is 1. The van der Waals surface area contributed by atoms with Crippen LogP contribution in [0, 0.1) is 0 Å². The minimum absolute atomic E-state index is 0.208. The van der Waals surface area contributed by atoms with Gasteiger partial charge in [-0.1, -0.05) is 17.7 Å². The van der Waals surface area contributed by atoms with Crippen molar-refractivity contribution in [2.24, 2.45) is 7.05 Å². The second kappa shape index (κ2) is 6.90. The summed E-state index contributed by atoms with van der Waals surface area (Å²) in [6.07, 6.45) is 2.49. The molecule has 1 fully saturated rings. The molecular formula is C18H19ClN2O4. The Hall–Kier alpha value is -2.31. The lowest BCUT2D eigenvalue weighted by Crippen LogP contribution is -2.22. The number of methoxy groups -OCH3 is 1. The predicted octanol–water partition coefficient (Wildman–Crippen LogP) is 2.63. The summed E-state index contributed by atoms with van der Waals surface area (Å²) in [5.41, 5.74) is 1.52. The Morgan fingerprint density at radius 2 is 2.12 bits per heavy atom. The third-order valence-corrected chi connectivity index (χ3v) is 4.83. The van der Waals surface area contributed by atoms with Gasteiger partial charge in [0.1, 0.15) is 5.56 Å². The van der Waals surface area contributed by atoms with Crippen LogP contribution in [0.15, 0.2) is 35.3 Å². The van der Waals surface area contributed by atoms with E-state index < -0.39 is 11.4 Å². The predicted molar refractivity (Wildman–Crippen MR) is 96.7 cm³/mol. The first-order valence-electron chi connectivity index (χ1n) is 7.92. The molecule has 0 aliphatic carbocycles. The van der Waals surface area contributed by atoms with E-state index in [4.69, 9.17) is 21.4 Å². The molecule has 1 saturated heterocycles. The fourth-order valence-electron chi connectivity index (χ4n) is 3.14. The number of aryl methyl sites for hydroxylation is 1. The zero-order chi connectivity index (χ0) is 18.1. The van der Waals surface area contributed by atoms with Gasteiger partial charge >= 0.3 is 5.97 Å². The number of aromatic nitrogens is 1. The molecule has 0 amide bonds. The largest absolute Gasteiger partial charge is 0.477 e. The van der Waals surface area contributed by atoms with Crippen LogP contribution in [0.2, 0.25) is 5.02 Å². The van der Waals surface area contributed by atoms with E-state index in [9.17, 15) is 9.59 Å². The Labute approximate surface area is 150 Å². The summed E-state index contributed by atoms with van der Waals surface area (Å²) in [6.45, 7) is 1.67. The van der Waals surface area contributed by atoms with Crippen molar-refractivity contribution in [3.05, 3.63) is 51.3 Å². The van der Waals surface area contributed by atoms with Crippen LogP contribution in [0.5, 0.6) is 0 Å². The van der Waals surface area contributed by atoms with Crippen molar-refractivity contribution in [3.63, 3.8) is 0 Å². The Kier molecular flexibility index (Phi) is 4.83. The molecule has 1 aliphatic heterocycles. The molecule has 3 rings (SSSR count). The third-order valence-electron chi connectivity index (χ3n) is 4.53. The summed E-state index contributed by atoms with van der Waals surface area (Å²) in [5, 5.41) is 9.63. The second-order valence-electron chi connectivity index (χ2n) is 6.11. The molecule has 132 valence electrons. The van der Waals surface area contributed by atoms with Crippen LogP contribution < -0.4 is 10.3 Å². The van der Waals surface area contributed by atoms with E-state index in [1.165, 1.54) is 12.3 Å². The van der Waals surface area contributed by atoms with Gasteiger partial charge in [0.15, 0.2) is 5.43 Å². The van der Waals surface area contributed by atoms with Gasteiger partial charge in [-0.3, -0.25) is 4.79 Å². The van der Waals surface area contributed by atoms with Crippen LogP contribution in [0.3, 0.4) is 0 Å². The first-order chi connectivity index (χ1) is 11.9. The van der Waals surface area contributed by atoms with Crippen LogP contribution in [0.4, 0.5) is 5.69 Å². The van der Waals surface area contributed by atoms with E-state index in [1.807, 2.05) is 12.1 Å². The van der Waals surface area contributed by atoms with Gasteiger partial charge in [0.2, 0.25) is 0 Å². The minimum atomic E-state index is -1.23. The normalized spacial score (nSPS) is 17.1. The van der Waals surface area contributed by atoms with Crippen LogP contribution in [-0.4, -0.2) is 41.9 Å². The summed E-state index contributed by atoms with van der Waals surface area (Å²) in [7, 11) is 3.41. The first kappa shape index (κ1) is 17.5. The number of rotatable bonds is 4. The highest BCUT2D eigenvalue weighted by Crippen LogP contribution is 2.33. The lowest BCUT2D eigenvalue weighted by molar-refractivity contribution is 0.0694. The van der Waals surface area contributed by atoms with E-state index in [1.54, 1.807) is 24.8 Å².